The number of nitriles is 1. The Hall–Kier alpha value is -1.28. The number of alkyl carbamates (subject to hydrolysis) is 1. The van der Waals surface area contributed by atoms with Gasteiger partial charge in [0.1, 0.15) is 5.60 Å². The van der Waals surface area contributed by atoms with Crippen molar-refractivity contribution < 1.29 is 9.53 Å². The molecule has 1 atom stereocenters. The number of nitrogens with one attached hydrogen (secondary N) is 2. The van der Waals surface area contributed by atoms with Crippen LogP contribution < -0.4 is 10.6 Å². The third kappa shape index (κ3) is 11.0. The van der Waals surface area contributed by atoms with Gasteiger partial charge >= 0.3 is 6.09 Å². The van der Waals surface area contributed by atoms with Crippen molar-refractivity contribution in [3.05, 3.63) is 0 Å². The van der Waals surface area contributed by atoms with Gasteiger partial charge in [0.05, 0.1) is 12.0 Å². The minimum absolute atomic E-state index is 0.0221. The quantitative estimate of drug-likeness (QED) is 0.693. The van der Waals surface area contributed by atoms with Gasteiger partial charge < -0.3 is 15.4 Å². The lowest BCUT2D eigenvalue weighted by Gasteiger charge is -2.19. The van der Waals surface area contributed by atoms with E-state index in [-0.39, 0.29) is 12.0 Å². The Balaban J connectivity index is 3.41. The Morgan fingerprint density at radius 2 is 2.06 bits per heavy atom. The number of amides is 1. The number of carbonyl (C=O) groups excluding carboxylic acids is 1. The van der Waals surface area contributed by atoms with Crippen molar-refractivity contribution in [2.45, 2.75) is 39.7 Å². The van der Waals surface area contributed by atoms with E-state index in [4.69, 9.17) is 10.00 Å². The van der Waals surface area contributed by atoms with E-state index in [0.717, 1.165) is 13.0 Å². The van der Waals surface area contributed by atoms with E-state index >= 15 is 0 Å². The van der Waals surface area contributed by atoms with Crippen LogP contribution in [0.3, 0.4) is 0 Å². The van der Waals surface area contributed by atoms with Gasteiger partial charge in [-0.2, -0.15) is 5.26 Å². The van der Waals surface area contributed by atoms with Crippen LogP contribution in [0.4, 0.5) is 4.79 Å². The average Bonchev–Trinajstić information content (AvgIpc) is 2.20. The molecule has 98 valence electrons. The van der Waals surface area contributed by atoms with Crippen LogP contribution in [0.25, 0.3) is 0 Å². The molecule has 0 bridgehead atoms. The van der Waals surface area contributed by atoms with E-state index in [1.165, 1.54) is 0 Å². The molecule has 0 aliphatic heterocycles. The van der Waals surface area contributed by atoms with Crippen LogP contribution in [-0.2, 0) is 4.74 Å². The van der Waals surface area contributed by atoms with Crippen molar-refractivity contribution in [1.29, 1.82) is 5.26 Å². The van der Waals surface area contributed by atoms with Crippen molar-refractivity contribution in [2.75, 3.05) is 19.6 Å². The highest BCUT2D eigenvalue weighted by Gasteiger charge is 2.15. The Morgan fingerprint density at radius 3 is 2.59 bits per heavy atom. The van der Waals surface area contributed by atoms with E-state index in [1.807, 2.05) is 27.7 Å². The van der Waals surface area contributed by atoms with Crippen LogP contribution in [0.15, 0.2) is 0 Å². The summed E-state index contributed by atoms with van der Waals surface area (Å²) in [6, 6.07) is 2.15. The zero-order valence-corrected chi connectivity index (χ0v) is 11.2. The first-order valence-corrected chi connectivity index (χ1v) is 5.92. The summed E-state index contributed by atoms with van der Waals surface area (Å²) in [5, 5.41) is 14.4. The fourth-order valence-electron chi connectivity index (χ4n) is 1.08. The van der Waals surface area contributed by atoms with Crippen LogP contribution in [0, 0.1) is 17.2 Å². The van der Waals surface area contributed by atoms with Crippen LogP contribution in [0.2, 0.25) is 0 Å². The molecule has 0 rings (SSSR count). The largest absolute Gasteiger partial charge is 0.444 e. The highest BCUT2D eigenvalue weighted by atomic mass is 16.6. The summed E-state index contributed by atoms with van der Waals surface area (Å²) in [6.45, 7) is 9.39. The summed E-state index contributed by atoms with van der Waals surface area (Å²) in [6.07, 6.45) is 0.431. The van der Waals surface area contributed by atoms with Gasteiger partial charge in [-0.25, -0.2) is 4.79 Å². The van der Waals surface area contributed by atoms with E-state index in [0.29, 0.717) is 13.1 Å². The number of hydrogen-bond acceptors (Lipinski definition) is 4. The minimum Gasteiger partial charge on any atom is -0.444 e. The highest BCUT2D eigenvalue weighted by Crippen LogP contribution is 2.06. The molecule has 0 aromatic rings. The second-order valence-corrected chi connectivity index (χ2v) is 5.02. The van der Waals surface area contributed by atoms with E-state index < -0.39 is 5.60 Å². The molecule has 0 saturated carbocycles. The first-order chi connectivity index (χ1) is 7.85. The van der Waals surface area contributed by atoms with E-state index in [9.17, 15) is 4.79 Å². The molecule has 0 spiro atoms. The van der Waals surface area contributed by atoms with Crippen LogP contribution in [0.5, 0.6) is 0 Å². The lowest BCUT2D eigenvalue weighted by molar-refractivity contribution is 0.0527. The molecule has 1 amide bonds. The molecule has 0 fully saturated rings. The SMILES string of the molecule is CC(C#N)CNCCCNC(=O)OC(C)(C)C. The minimum atomic E-state index is -0.454. The topological polar surface area (TPSA) is 74.2 Å². The third-order valence-electron chi connectivity index (χ3n) is 1.87. The molecule has 0 saturated heterocycles. The maximum absolute atomic E-state index is 11.2. The van der Waals surface area contributed by atoms with Gasteiger partial charge in [-0.05, 0) is 40.7 Å². The van der Waals surface area contributed by atoms with Crippen molar-refractivity contribution >= 4 is 6.09 Å². The monoisotopic (exact) mass is 241 g/mol. The normalized spacial score (nSPS) is 12.6. The zero-order chi connectivity index (χ0) is 13.3. The summed E-state index contributed by atoms with van der Waals surface area (Å²) < 4.78 is 5.09. The van der Waals surface area contributed by atoms with E-state index in [1.54, 1.807) is 0 Å². The van der Waals surface area contributed by atoms with Crippen molar-refractivity contribution in [3.8, 4) is 6.07 Å². The molecule has 0 aromatic heterocycles. The van der Waals surface area contributed by atoms with Gasteiger partial charge in [-0.3, -0.25) is 0 Å². The maximum atomic E-state index is 11.2. The standard InChI is InChI=1S/C12H23N3O2/c1-10(8-13)9-14-6-5-7-15-11(16)17-12(2,3)4/h10,14H,5-7,9H2,1-4H3,(H,15,16). The Kier molecular flexibility index (Phi) is 7.31. The van der Waals surface area contributed by atoms with Crippen molar-refractivity contribution in [2.24, 2.45) is 5.92 Å². The molecular weight excluding hydrogens is 218 g/mol. The molecule has 0 aliphatic rings. The second kappa shape index (κ2) is 7.91. The maximum Gasteiger partial charge on any atom is 0.407 e. The molecule has 0 heterocycles. The summed E-state index contributed by atoms with van der Waals surface area (Å²) in [4.78, 5) is 11.2. The first-order valence-electron chi connectivity index (χ1n) is 5.92. The lowest BCUT2D eigenvalue weighted by atomic mass is 10.2. The lowest BCUT2D eigenvalue weighted by Crippen LogP contribution is -2.34. The first kappa shape index (κ1) is 15.7. The summed E-state index contributed by atoms with van der Waals surface area (Å²) in [5.41, 5.74) is -0.454. The Bertz CT molecular complexity index is 266. The summed E-state index contributed by atoms with van der Waals surface area (Å²) >= 11 is 0. The van der Waals surface area contributed by atoms with Crippen LogP contribution in [-0.4, -0.2) is 31.3 Å². The van der Waals surface area contributed by atoms with E-state index in [2.05, 4.69) is 16.7 Å². The number of nitrogens with zero attached hydrogens (tertiary/aromatic N) is 1. The second-order valence-electron chi connectivity index (χ2n) is 5.02. The molecule has 0 radical (unpaired) electrons. The van der Waals surface area contributed by atoms with Gasteiger partial charge in [0, 0.05) is 13.1 Å². The molecule has 0 aliphatic carbocycles. The highest BCUT2D eigenvalue weighted by molar-refractivity contribution is 5.67. The molecule has 0 aromatic carbocycles. The Labute approximate surface area is 104 Å². The third-order valence-corrected chi connectivity index (χ3v) is 1.87. The number of carbonyl (C=O) groups is 1. The van der Waals surface area contributed by atoms with Gasteiger partial charge in [0.15, 0.2) is 0 Å². The fourth-order valence-corrected chi connectivity index (χ4v) is 1.08. The number of rotatable bonds is 6. The number of ether oxygens (including phenoxy) is 1. The molecule has 1 unspecified atom stereocenters. The molecule has 2 N–H and O–H groups in total. The molecule has 17 heavy (non-hydrogen) atoms. The summed E-state index contributed by atoms with van der Waals surface area (Å²) in [7, 11) is 0. The van der Waals surface area contributed by atoms with Gasteiger partial charge in [0.2, 0.25) is 0 Å². The predicted molar refractivity (Wildman–Crippen MR) is 66.5 cm³/mol. The van der Waals surface area contributed by atoms with Gasteiger partial charge in [-0.1, -0.05) is 0 Å². The van der Waals surface area contributed by atoms with Gasteiger partial charge in [0.25, 0.3) is 0 Å². The predicted octanol–water partition coefficient (Wildman–Crippen LogP) is 1.65. The fraction of sp³-hybridized carbons (Fsp3) is 0.833. The zero-order valence-electron chi connectivity index (χ0n) is 11.2. The Morgan fingerprint density at radius 1 is 1.41 bits per heavy atom. The van der Waals surface area contributed by atoms with Crippen molar-refractivity contribution in [3.63, 3.8) is 0 Å². The molecule has 5 heteroatoms. The smallest absolute Gasteiger partial charge is 0.407 e. The van der Waals surface area contributed by atoms with Gasteiger partial charge in [-0.15, -0.1) is 0 Å². The molecular formula is C12H23N3O2. The summed E-state index contributed by atoms with van der Waals surface area (Å²) in [5.74, 6) is 0.0221. The van der Waals surface area contributed by atoms with Crippen molar-refractivity contribution in [1.82, 2.24) is 10.6 Å². The van der Waals surface area contributed by atoms with Crippen LogP contribution >= 0.6 is 0 Å². The average molecular weight is 241 g/mol. The van der Waals surface area contributed by atoms with Crippen LogP contribution in [0.1, 0.15) is 34.1 Å². The number of hydrogen-bond donors (Lipinski definition) is 2. The molecule has 5 nitrogen and oxygen atoms in total.